The Balaban J connectivity index is 4.65. The van der Waals surface area contributed by atoms with Crippen molar-refractivity contribution in [2.24, 2.45) is 11.8 Å². The summed E-state index contributed by atoms with van der Waals surface area (Å²) < 4.78 is 34.7. The number of hydrogen-bond donors (Lipinski definition) is 0. The molecular formula is C14H31O5P. The van der Waals surface area contributed by atoms with Gasteiger partial charge in [0, 0.05) is 13.2 Å². The molecule has 0 fully saturated rings. The SMILES string of the molecule is CCOC(CP(=O)(OCC(C)C)OCC(C)C)OCC. The zero-order chi connectivity index (χ0) is 15.6. The first-order valence-electron chi connectivity index (χ1n) is 7.44. The van der Waals surface area contributed by atoms with Crippen LogP contribution in [0.5, 0.6) is 0 Å². The average Bonchev–Trinajstić information content (AvgIpc) is 2.35. The van der Waals surface area contributed by atoms with E-state index in [9.17, 15) is 4.57 Å². The van der Waals surface area contributed by atoms with Gasteiger partial charge in [-0.2, -0.15) is 0 Å². The van der Waals surface area contributed by atoms with Gasteiger partial charge in [-0.05, 0) is 25.7 Å². The smallest absolute Gasteiger partial charge is 0.335 e. The monoisotopic (exact) mass is 310 g/mol. The van der Waals surface area contributed by atoms with Crippen LogP contribution in [0.2, 0.25) is 0 Å². The molecule has 5 nitrogen and oxygen atoms in total. The summed E-state index contributed by atoms with van der Waals surface area (Å²) in [6.07, 6.45) is -0.413. The third kappa shape index (κ3) is 9.89. The fraction of sp³-hybridized carbons (Fsp3) is 1.00. The second-order valence-corrected chi connectivity index (χ2v) is 7.62. The average molecular weight is 310 g/mol. The first-order valence-corrected chi connectivity index (χ1v) is 9.17. The molecule has 0 aromatic rings. The van der Waals surface area contributed by atoms with Crippen molar-refractivity contribution in [1.29, 1.82) is 0 Å². The molecule has 0 aliphatic heterocycles. The minimum atomic E-state index is -3.19. The number of ether oxygens (including phenoxy) is 2. The molecule has 0 saturated heterocycles. The van der Waals surface area contributed by atoms with Crippen LogP contribution in [0.25, 0.3) is 0 Å². The van der Waals surface area contributed by atoms with E-state index in [1.165, 1.54) is 0 Å². The summed E-state index contributed by atoms with van der Waals surface area (Å²) >= 11 is 0. The van der Waals surface area contributed by atoms with Crippen LogP contribution in [0, 0.1) is 11.8 Å². The molecule has 0 atom stereocenters. The normalized spacial score (nSPS) is 12.8. The molecule has 0 rings (SSSR count). The van der Waals surface area contributed by atoms with Crippen molar-refractivity contribution in [1.82, 2.24) is 0 Å². The second-order valence-electron chi connectivity index (χ2n) is 5.51. The Kier molecular flexibility index (Phi) is 10.8. The third-order valence-corrected chi connectivity index (χ3v) is 4.12. The Labute approximate surface area is 123 Å². The molecule has 122 valence electrons. The lowest BCUT2D eigenvalue weighted by Crippen LogP contribution is -2.24. The minimum absolute atomic E-state index is 0.133. The molecule has 0 radical (unpaired) electrons. The highest BCUT2D eigenvalue weighted by atomic mass is 31.2. The largest absolute Gasteiger partial charge is 0.352 e. The van der Waals surface area contributed by atoms with Gasteiger partial charge in [-0.1, -0.05) is 27.7 Å². The summed E-state index contributed by atoms with van der Waals surface area (Å²) in [5, 5.41) is 0. The Morgan fingerprint density at radius 1 is 0.850 bits per heavy atom. The van der Waals surface area contributed by atoms with E-state index in [-0.39, 0.29) is 6.16 Å². The molecular weight excluding hydrogens is 279 g/mol. The lowest BCUT2D eigenvalue weighted by atomic mass is 10.2. The van der Waals surface area contributed by atoms with Gasteiger partial charge in [-0.25, -0.2) is 0 Å². The van der Waals surface area contributed by atoms with Crippen LogP contribution in [0.4, 0.5) is 0 Å². The Morgan fingerprint density at radius 3 is 1.55 bits per heavy atom. The summed E-state index contributed by atoms with van der Waals surface area (Å²) in [5.74, 6) is 0.590. The highest BCUT2D eigenvalue weighted by Crippen LogP contribution is 2.49. The quantitative estimate of drug-likeness (QED) is 0.404. The van der Waals surface area contributed by atoms with Gasteiger partial charge < -0.3 is 18.5 Å². The van der Waals surface area contributed by atoms with Gasteiger partial charge in [0.1, 0.15) is 6.16 Å². The molecule has 6 heteroatoms. The third-order valence-electron chi connectivity index (χ3n) is 2.29. The first kappa shape index (κ1) is 20.1. The van der Waals surface area contributed by atoms with Gasteiger partial charge >= 0.3 is 7.60 Å². The van der Waals surface area contributed by atoms with Gasteiger partial charge in [-0.3, -0.25) is 4.57 Å². The van der Waals surface area contributed by atoms with Crippen molar-refractivity contribution in [3.05, 3.63) is 0 Å². The van der Waals surface area contributed by atoms with Gasteiger partial charge in [0.25, 0.3) is 0 Å². The van der Waals surface area contributed by atoms with Crippen LogP contribution in [-0.4, -0.2) is 38.9 Å². The Bertz CT molecular complexity index is 259. The van der Waals surface area contributed by atoms with E-state index in [4.69, 9.17) is 18.5 Å². The molecule has 20 heavy (non-hydrogen) atoms. The standard InChI is InChI=1S/C14H31O5P/c1-7-16-14(17-8-2)11-20(15,18-9-12(3)4)19-10-13(5)6/h12-14H,7-11H2,1-6H3. The molecule has 0 saturated carbocycles. The fourth-order valence-electron chi connectivity index (χ4n) is 1.38. The number of hydrogen-bond acceptors (Lipinski definition) is 5. The fourth-order valence-corrected chi connectivity index (χ4v) is 3.29. The second kappa shape index (κ2) is 10.7. The van der Waals surface area contributed by atoms with Crippen molar-refractivity contribution in [3.63, 3.8) is 0 Å². The van der Waals surface area contributed by atoms with Crippen molar-refractivity contribution in [2.75, 3.05) is 32.6 Å². The van der Waals surface area contributed by atoms with E-state index in [2.05, 4.69) is 0 Å². The van der Waals surface area contributed by atoms with Crippen LogP contribution >= 0.6 is 7.60 Å². The lowest BCUT2D eigenvalue weighted by molar-refractivity contribution is -0.123. The molecule has 0 spiro atoms. The van der Waals surface area contributed by atoms with Gasteiger partial charge in [0.15, 0.2) is 6.29 Å². The van der Waals surface area contributed by atoms with Crippen LogP contribution in [0.15, 0.2) is 0 Å². The summed E-state index contributed by atoms with van der Waals surface area (Å²) in [6.45, 7) is 13.6. The highest BCUT2D eigenvalue weighted by molar-refractivity contribution is 7.53. The van der Waals surface area contributed by atoms with Crippen LogP contribution in [0.1, 0.15) is 41.5 Å². The number of rotatable bonds is 12. The molecule has 0 aliphatic carbocycles. The summed E-state index contributed by atoms with van der Waals surface area (Å²) in [5.41, 5.74) is 0. The van der Waals surface area contributed by atoms with E-state index >= 15 is 0 Å². The minimum Gasteiger partial charge on any atom is -0.352 e. The van der Waals surface area contributed by atoms with Crippen LogP contribution in [0.3, 0.4) is 0 Å². The van der Waals surface area contributed by atoms with E-state index in [0.29, 0.717) is 38.3 Å². The lowest BCUT2D eigenvalue weighted by Gasteiger charge is -2.25. The van der Waals surface area contributed by atoms with Crippen molar-refractivity contribution < 1.29 is 23.1 Å². The molecule has 0 aromatic carbocycles. The van der Waals surface area contributed by atoms with E-state index in [1.54, 1.807) is 0 Å². The van der Waals surface area contributed by atoms with Crippen LogP contribution < -0.4 is 0 Å². The molecule has 0 amide bonds. The van der Waals surface area contributed by atoms with E-state index < -0.39 is 13.9 Å². The topological polar surface area (TPSA) is 54.0 Å². The molecule has 0 N–H and O–H groups in total. The van der Waals surface area contributed by atoms with Gasteiger partial charge in [0.2, 0.25) is 0 Å². The summed E-state index contributed by atoms with van der Waals surface area (Å²) in [4.78, 5) is 0. The zero-order valence-electron chi connectivity index (χ0n) is 13.8. The van der Waals surface area contributed by atoms with Crippen molar-refractivity contribution in [2.45, 2.75) is 47.8 Å². The van der Waals surface area contributed by atoms with Gasteiger partial charge in [0.05, 0.1) is 13.2 Å². The molecule has 0 aromatic heterocycles. The van der Waals surface area contributed by atoms with Crippen molar-refractivity contribution in [3.8, 4) is 0 Å². The maximum Gasteiger partial charge on any atom is 0.335 e. The molecule has 0 unspecified atom stereocenters. The predicted octanol–water partition coefficient (Wildman–Crippen LogP) is 3.92. The Hall–Kier alpha value is 0.0700. The Morgan fingerprint density at radius 2 is 1.25 bits per heavy atom. The first-order chi connectivity index (χ1) is 9.33. The van der Waals surface area contributed by atoms with Crippen LogP contribution in [-0.2, 0) is 23.1 Å². The van der Waals surface area contributed by atoms with E-state index in [1.807, 2.05) is 41.5 Å². The summed E-state index contributed by atoms with van der Waals surface area (Å²) in [6, 6.07) is 0. The molecule has 0 bridgehead atoms. The van der Waals surface area contributed by atoms with E-state index in [0.717, 1.165) is 0 Å². The molecule has 0 aliphatic rings. The maximum absolute atomic E-state index is 12.8. The predicted molar refractivity (Wildman–Crippen MR) is 81.1 cm³/mol. The zero-order valence-corrected chi connectivity index (χ0v) is 14.7. The maximum atomic E-state index is 12.8. The highest BCUT2D eigenvalue weighted by Gasteiger charge is 2.30. The molecule has 0 heterocycles. The summed E-state index contributed by atoms with van der Waals surface area (Å²) in [7, 11) is -3.19. The van der Waals surface area contributed by atoms with Gasteiger partial charge in [-0.15, -0.1) is 0 Å². The van der Waals surface area contributed by atoms with Crippen molar-refractivity contribution >= 4 is 7.60 Å².